The number of nitrogens with one attached hydrogen (secondary N) is 1. The van der Waals surface area contributed by atoms with Gasteiger partial charge in [-0.05, 0) is 48.2 Å². The van der Waals surface area contributed by atoms with Gasteiger partial charge in [0, 0.05) is 39.1 Å². The lowest BCUT2D eigenvalue weighted by Crippen LogP contribution is -2.49. The summed E-state index contributed by atoms with van der Waals surface area (Å²) in [4.78, 5) is 34.0. The Labute approximate surface area is 207 Å². The fourth-order valence-electron chi connectivity index (χ4n) is 5.02. The van der Waals surface area contributed by atoms with Crippen molar-refractivity contribution < 1.29 is 18.7 Å². The molecule has 1 aromatic carbocycles. The molecule has 186 valence electrons. The number of rotatable bonds is 3. The van der Waals surface area contributed by atoms with Gasteiger partial charge in [0.1, 0.15) is 23.2 Å². The normalized spacial score (nSPS) is 17.0. The molecule has 5 heterocycles. The Hall–Kier alpha value is -3.86. The standard InChI is InChI=1S/C25H26FN7O3/c26-19-14-16-6-8-32(25(35)31-9-11-36-12-10-31)15-17(16)13-18(19)24(34)28-21-4-1-3-20(27-21)23-30-29-22-5-2-7-33(22)23/h1,3-4,13-14H,2,5-12,15H2,(H,27,28,34). The van der Waals surface area contributed by atoms with E-state index in [-0.39, 0.29) is 11.6 Å². The number of fused-ring (bicyclic) bond motifs is 2. The summed E-state index contributed by atoms with van der Waals surface area (Å²) < 4.78 is 22.3. The molecule has 0 saturated carbocycles. The number of urea groups is 1. The largest absolute Gasteiger partial charge is 0.378 e. The van der Waals surface area contributed by atoms with Crippen LogP contribution in [-0.4, -0.2) is 74.3 Å². The number of halogens is 1. The molecule has 1 fully saturated rings. The number of anilines is 1. The number of pyridine rings is 1. The lowest BCUT2D eigenvalue weighted by molar-refractivity contribution is 0.0421. The molecule has 1 saturated heterocycles. The fourth-order valence-corrected chi connectivity index (χ4v) is 5.02. The second-order valence-electron chi connectivity index (χ2n) is 9.21. The Morgan fingerprint density at radius 1 is 0.972 bits per heavy atom. The van der Waals surface area contributed by atoms with Crippen LogP contribution in [0.15, 0.2) is 30.3 Å². The molecular weight excluding hydrogens is 465 g/mol. The van der Waals surface area contributed by atoms with Crippen LogP contribution in [0.3, 0.4) is 0 Å². The topological polar surface area (TPSA) is 105 Å². The maximum atomic E-state index is 14.9. The summed E-state index contributed by atoms with van der Waals surface area (Å²) in [5.74, 6) is 0.699. The van der Waals surface area contributed by atoms with Crippen LogP contribution in [0.4, 0.5) is 15.0 Å². The Morgan fingerprint density at radius 2 is 1.83 bits per heavy atom. The zero-order valence-electron chi connectivity index (χ0n) is 19.7. The van der Waals surface area contributed by atoms with Gasteiger partial charge >= 0.3 is 6.03 Å². The zero-order chi connectivity index (χ0) is 24.6. The molecule has 3 aromatic rings. The molecule has 3 aliphatic rings. The lowest BCUT2D eigenvalue weighted by Gasteiger charge is -2.35. The molecule has 0 spiro atoms. The number of nitrogens with zero attached hydrogens (tertiary/aromatic N) is 6. The van der Waals surface area contributed by atoms with E-state index in [9.17, 15) is 14.0 Å². The summed E-state index contributed by atoms with van der Waals surface area (Å²) in [6.07, 6.45) is 2.44. The van der Waals surface area contributed by atoms with Crippen LogP contribution >= 0.6 is 0 Å². The van der Waals surface area contributed by atoms with Crippen LogP contribution in [0.2, 0.25) is 0 Å². The van der Waals surface area contributed by atoms with Crippen molar-refractivity contribution in [3.05, 3.63) is 58.7 Å². The molecule has 11 heteroatoms. The van der Waals surface area contributed by atoms with Crippen molar-refractivity contribution in [1.82, 2.24) is 29.5 Å². The quantitative estimate of drug-likeness (QED) is 0.604. The number of aryl methyl sites for hydroxylation is 1. The van der Waals surface area contributed by atoms with E-state index in [0.29, 0.717) is 63.1 Å². The van der Waals surface area contributed by atoms with Gasteiger partial charge in [0.05, 0.1) is 18.8 Å². The summed E-state index contributed by atoms with van der Waals surface area (Å²) >= 11 is 0. The second kappa shape index (κ2) is 9.30. The molecule has 0 unspecified atom stereocenters. The van der Waals surface area contributed by atoms with Crippen LogP contribution in [0, 0.1) is 5.82 Å². The average Bonchev–Trinajstić information content (AvgIpc) is 3.53. The highest BCUT2D eigenvalue weighted by molar-refractivity contribution is 6.04. The lowest BCUT2D eigenvalue weighted by atomic mass is 9.96. The Morgan fingerprint density at radius 3 is 2.69 bits per heavy atom. The number of benzene rings is 1. The SMILES string of the molecule is O=C(Nc1cccc(-c2nnc3n2CCC3)n1)c1cc2c(cc1F)CCN(C(=O)N1CCOCC1)C2. The van der Waals surface area contributed by atoms with Crippen molar-refractivity contribution in [2.75, 3.05) is 38.2 Å². The first kappa shape index (κ1) is 22.6. The summed E-state index contributed by atoms with van der Waals surface area (Å²) in [5, 5.41) is 11.2. The van der Waals surface area contributed by atoms with Crippen LogP contribution in [-0.2, 0) is 30.7 Å². The highest BCUT2D eigenvalue weighted by Gasteiger charge is 2.28. The van der Waals surface area contributed by atoms with E-state index in [1.54, 1.807) is 28.0 Å². The molecule has 6 rings (SSSR count). The van der Waals surface area contributed by atoms with Crippen molar-refractivity contribution in [2.45, 2.75) is 32.4 Å². The van der Waals surface area contributed by atoms with E-state index in [2.05, 4.69) is 20.5 Å². The van der Waals surface area contributed by atoms with E-state index in [1.807, 2.05) is 10.6 Å². The molecule has 0 aliphatic carbocycles. The molecule has 0 bridgehead atoms. The number of carbonyl (C=O) groups excluding carboxylic acids is 2. The predicted octanol–water partition coefficient (Wildman–Crippen LogP) is 2.49. The number of carbonyl (C=O) groups is 2. The molecule has 3 amide bonds. The first-order valence-electron chi connectivity index (χ1n) is 12.2. The zero-order valence-corrected chi connectivity index (χ0v) is 19.7. The monoisotopic (exact) mass is 491 g/mol. The van der Waals surface area contributed by atoms with Crippen molar-refractivity contribution in [2.24, 2.45) is 0 Å². The first-order chi connectivity index (χ1) is 17.6. The Balaban J connectivity index is 1.20. The molecule has 36 heavy (non-hydrogen) atoms. The van der Waals surface area contributed by atoms with E-state index in [1.165, 1.54) is 6.07 Å². The van der Waals surface area contributed by atoms with Gasteiger partial charge in [-0.3, -0.25) is 4.79 Å². The minimum absolute atomic E-state index is 0.0553. The van der Waals surface area contributed by atoms with Gasteiger partial charge in [-0.1, -0.05) is 6.07 Å². The van der Waals surface area contributed by atoms with Crippen molar-refractivity contribution >= 4 is 17.8 Å². The molecule has 0 atom stereocenters. The summed E-state index contributed by atoms with van der Waals surface area (Å²) in [5.41, 5.74) is 2.10. The van der Waals surface area contributed by atoms with Crippen molar-refractivity contribution in [3.8, 4) is 11.5 Å². The molecule has 2 aromatic heterocycles. The van der Waals surface area contributed by atoms with Gasteiger partial charge in [0.2, 0.25) is 0 Å². The van der Waals surface area contributed by atoms with Gasteiger partial charge in [-0.25, -0.2) is 14.2 Å². The number of hydrogen-bond donors (Lipinski definition) is 1. The highest BCUT2D eigenvalue weighted by Crippen LogP contribution is 2.26. The van der Waals surface area contributed by atoms with E-state index < -0.39 is 11.7 Å². The molecule has 3 aliphatic heterocycles. The van der Waals surface area contributed by atoms with Crippen LogP contribution in [0.1, 0.15) is 33.7 Å². The summed E-state index contributed by atoms with van der Waals surface area (Å²) in [6.45, 7) is 3.85. The number of ether oxygens (including phenoxy) is 1. The maximum absolute atomic E-state index is 14.9. The molecule has 0 radical (unpaired) electrons. The van der Waals surface area contributed by atoms with E-state index in [0.717, 1.165) is 36.3 Å². The van der Waals surface area contributed by atoms with Gasteiger partial charge in [0.25, 0.3) is 5.91 Å². The first-order valence-corrected chi connectivity index (χ1v) is 12.2. The number of hydrogen-bond acceptors (Lipinski definition) is 6. The third-order valence-electron chi connectivity index (χ3n) is 6.93. The third kappa shape index (κ3) is 4.19. The minimum atomic E-state index is -0.594. The molecule has 1 N–H and O–H groups in total. The minimum Gasteiger partial charge on any atom is -0.378 e. The highest BCUT2D eigenvalue weighted by atomic mass is 19.1. The van der Waals surface area contributed by atoms with Gasteiger partial charge in [-0.2, -0.15) is 0 Å². The predicted molar refractivity (Wildman–Crippen MR) is 128 cm³/mol. The Bertz CT molecular complexity index is 1340. The summed E-state index contributed by atoms with van der Waals surface area (Å²) in [7, 11) is 0. The third-order valence-corrected chi connectivity index (χ3v) is 6.93. The van der Waals surface area contributed by atoms with Gasteiger partial charge in [-0.15, -0.1) is 10.2 Å². The number of amides is 3. The van der Waals surface area contributed by atoms with Crippen molar-refractivity contribution in [3.63, 3.8) is 0 Å². The summed E-state index contributed by atoms with van der Waals surface area (Å²) in [6, 6.07) is 8.14. The maximum Gasteiger partial charge on any atom is 0.320 e. The van der Waals surface area contributed by atoms with E-state index in [4.69, 9.17) is 4.74 Å². The average molecular weight is 492 g/mol. The van der Waals surface area contributed by atoms with Crippen LogP contribution < -0.4 is 5.32 Å². The number of morpholine rings is 1. The molecular formula is C25H26FN7O3. The van der Waals surface area contributed by atoms with Gasteiger partial charge in [0.15, 0.2) is 5.82 Å². The fraction of sp³-hybridized carbons (Fsp3) is 0.400. The Kier molecular flexibility index (Phi) is 5.84. The van der Waals surface area contributed by atoms with Crippen LogP contribution in [0.25, 0.3) is 11.5 Å². The van der Waals surface area contributed by atoms with Gasteiger partial charge < -0.3 is 24.4 Å². The van der Waals surface area contributed by atoms with E-state index >= 15 is 0 Å². The number of aromatic nitrogens is 4. The van der Waals surface area contributed by atoms with Crippen LogP contribution in [0.5, 0.6) is 0 Å². The smallest absolute Gasteiger partial charge is 0.320 e. The van der Waals surface area contributed by atoms with Crippen molar-refractivity contribution in [1.29, 1.82) is 0 Å². The second-order valence-corrected chi connectivity index (χ2v) is 9.21. The molecule has 10 nitrogen and oxygen atoms in total.